The second-order valence-corrected chi connectivity index (χ2v) is 7.14. The molecule has 0 heterocycles. The molecule has 1 nitrogen and oxygen atoms in total. The minimum absolute atomic E-state index is 0.166. The van der Waals surface area contributed by atoms with Crippen molar-refractivity contribution >= 4 is 5.78 Å². The van der Waals surface area contributed by atoms with Crippen LogP contribution in [-0.4, -0.2) is 5.78 Å². The number of ketones is 1. The highest BCUT2D eigenvalue weighted by atomic mass is 16.1. The van der Waals surface area contributed by atoms with E-state index in [4.69, 9.17) is 0 Å². The van der Waals surface area contributed by atoms with Crippen LogP contribution in [0.15, 0.2) is 54.6 Å². The van der Waals surface area contributed by atoms with E-state index in [0.29, 0.717) is 5.92 Å². The van der Waals surface area contributed by atoms with Crippen LogP contribution in [0.1, 0.15) is 79.3 Å². The van der Waals surface area contributed by atoms with E-state index >= 15 is 0 Å². The molecule has 0 aliphatic heterocycles. The smallest absolute Gasteiger partial charge is 0.193 e. The van der Waals surface area contributed by atoms with E-state index in [0.717, 1.165) is 17.0 Å². The Hall–Kier alpha value is -1.89. The van der Waals surface area contributed by atoms with Crippen molar-refractivity contribution in [1.29, 1.82) is 0 Å². The number of rotatable bonds is 6. The molecule has 0 amide bonds. The summed E-state index contributed by atoms with van der Waals surface area (Å²) in [5, 5.41) is 0. The molecule has 3 rings (SSSR count). The van der Waals surface area contributed by atoms with E-state index in [1.54, 1.807) is 0 Å². The van der Waals surface area contributed by atoms with Gasteiger partial charge in [-0.15, -0.1) is 0 Å². The van der Waals surface area contributed by atoms with Crippen molar-refractivity contribution in [2.24, 2.45) is 5.92 Å². The van der Waals surface area contributed by atoms with E-state index in [-0.39, 0.29) is 5.78 Å². The molecule has 1 aliphatic rings. The third-order valence-electron chi connectivity index (χ3n) is 5.49. The Kier molecular flexibility index (Phi) is 5.85. The van der Waals surface area contributed by atoms with Crippen LogP contribution in [0.25, 0.3) is 0 Å². The molecule has 2 aromatic rings. The van der Waals surface area contributed by atoms with Crippen LogP contribution in [0.3, 0.4) is 0 Å². The lowest BCUT2D eigenvalue weighted by Gasteiger charge is -2.29. The van der Waals surface area contributed by atoms with Crippen LogP contribution in [0.4, 0.5) is 0 Å². The number of carbonyl (C=O) groups is 1. The molecular weight excluding hydrogens is 292 g/mol. The molecule has 0 N–H and O–H groups in total. The van der Waals surface area contributed by atoms with Crippen molar-refractivity contribution in [2.45, 2.75) is 57.8 Å². The first-order valence-electron chi connectivity index (χ1n) is 9.48. The lowest BCUT2D eigenvalue weighted by molar-refractivity contribution is 0.103. The van der Waals surface area contributed by atoms with Gasteiger partial charge in [0, 0.05) is 11.1 Å². The number of hydrogen-bond donors (Lipinski definition) is 0. The zero-order chi connectivity index (χ0) is 16.8. The molecule has 0 atom stereocenters. The zero-order valence-corrected chi connectivity index (χ0v) is 14.7. The Morgan fingerprint density at radius 1 is 0.917 bits per heavy atom. The normalized spacial score (nSPS) is 20.7. The Balaban J connectivity index is 1.75. The predicted octanol–water partition coefficient (Wildman–Crippen LogP) is 6.38. The molecule has 24 heavy (non-hydrogen) atoms. The molecule has 0 unspecified atom stereocenters. The van der Waals surface area contributed by atoms with Crippen molar-refractivity contribution in [1.82, 2.24) is 0 Å². The summed E-state index contributed by atoms with van der Waals surface area (Å²) in [7, 11) is 0. The van der Waals surface area contributed by atoms with E-state index in [1.165, 1.54) is 50.5 Å². The summed E-state index contributed by atoms with van der Waals surface area (Å²) in [6.07, 6.45) is 9.14. The Labute approximate surface area is 146 Å². The monoisotopic (exact) mass is 320 g/mol. The van der Waals surface area contributed by atoms with Gasteiger partial charge in [-0.3, -0.25) is 4.79 Å². The molecule has 2 aromatic carbocycles. The van der Waals surface area contributed by atoms with Crippen LogP contribution in [-0.2, 0) is 0 Å². The average molecular weight is 320 g/mol. The minimum atomic E-state index is 0.166. The lowest BCUT2D eigenvalue weighted by Crippen LogP contribution is -2.16. The summed E-state index contributed by atoms with van der Waals surface area (Å²) >= 11 is 0. The summed E-state index contributed by atoms with van der Waals surface area (Å²) in [4.78, 5) is 12.9. The summed E-state index contributed by atoms with van der Waals surface area (Å²) in [5.41, 5.74) is 2.96. The fourth-order valence-corrected chi connectivity index (χ4v) is 4.06. The quantitative estimate of drug-likeness (QED) is 0.564. The van der Waals surface area contributed by atoms with Gasteiger partial charge in [0.15, 0.2) is 5.78 Å². The van der Waals surface area contributed by atoms with E-state index in [9.17, 15) is 4.79 Å². The van der Waals surface area contributed by atoms with Gasteiger partial charge in [-0.05, 0) is 43.1 Å². The Morgan fingerprint density at radius 3 is 2.29 bits per heavy atom. The lowest BCUT2D eigenvalue weighted by atomic mass is 9.75. The number of unbranched alkanes of at least 4 members (excludes halogenated alkanes) is 1. The predicted molar refractivity (Wildman–Crippen MR) is 101 cm³/mol. The van der Waals surface area contributed by atoms with Gasteiger partial charge in [-0.2, -0.15) is 0 Å². The molecule has 126 valence electrons. The topological polar surface area (TPSA) is 17.1 Å². The summed E-state index contributed by atoms with van der Waals surface area (Å²) < 4.78 is 0. The third-order valence-corrected chi connectivity index (χ3v) is 5.49. The van der Waals surface area contributed by atoms with E-state index in [2.05, 4.69) is 19.1 Å². The maximum atomic E-state index is 12.9. The molecule has 1 saturated carbocycles. The van der Waals surface area contributed by atoms with Crippen molar-refractivity contribution in [3.63, 3.8) is 0 Å². The molecule has 1 heteroatoms. The molecule has 1 fully saturated rings. The second-order valence-electron chi connectivity index (χ2n) is 7.14. The maximum absolute atomic E-state index is 12.9. The standard InChI is InChI=1S/C23H28O/c1-2-3-9-18-14-16-19(17-15-18)21-12-7-8-13-22(21)23(24)20-10-5-4-6-11-20/h4-8,10-13,18-19H,2-3,9,14-17H2,1H3. The number of hydrogen-bond acceptors (Lipinski definition) is 1. The molecule has 0 aromatic heterocycles. The fourth-order valence-electron chi connectivity index (χ4n) is 4.06. The molecule has 0 radical (unpaired) electrons. The van der Waals surface area contributed by atoms with E-state index in [1.807, 2.05) is 42.5 Å². The van der Waals surface area contributed by atoms with Gasteiger partial charge < -0.3 is 0 Å². The SMILES string of the molecule is CCCCC1CCC(c2ccccc2C(=O)c2ccccc2)CC1. The Morgan fingerprint density at radius 2 is 1.58 bits per heavy atom. The highest BCUT2D eigenvalue weighted by Crippen LogP contribution is 2.39. The first-order valence-corrected chi connectivity index (χ1v) is 9.48. The maximum Gasteiger partial charge on any atom is 0.193 e. The van der Waals surface area contributed by atoms with Crippen LogP contribution >= 0.6 is 0 Å². The second kappa shape index (κ2) is 8.28. The first kappa shape index (κ1) is 17.0. The molecule has 1 aliphatic carbocycles. The van der Waals surface area contributed by atoms with Gasteiger partial charge in [-0.25, -0.2) is 0 Å². The highest BCUT2D eigenvalue weighted by molar-refractivity contribution is 6.10. The summed E-state index contributed by atoms with van der Waals surface area (Å²) in [6.45, 7) is 2.27. The molecule has 0 saturated heterocycles. The first-order chi connectivity index (χ1) is 11.8. The summed E-state index contributed by atoms with van der Waals surface area (Å²) in [5.74, 6) is 1.62. The molecule has 0 bridgehead atoms. The largest absolute Gasteiger partial charge is 0.289 e. The molecular formula is C23H28O. The zero-order valence-electron chi connectivity index (χ0n) is 14.7. The van der Waals surface area contributed by atoms with Gasteiger partial charge in [-0.1, -0.05) is 80.8 Å². The average Bonchev–Trinajstić information content (AvgIpc) is 2.67. The van der Waals surface area contributed by atoms with Crippen molar-refractivity contribution in [3.8, 4) is 0 Å². The van der Waals surface area contributed by atoms with Gasteiger partial charge in [0.25, 0.3) is 0 Å². The van der Waals surface area contributed by atoms with E-state index < -0.39 is 0 Å². The van der Waals surface area contributed by atoms with Crippen LogP contribution in [0, 0.1) is 5.92 Å². The van der Waals surface area contributed by atoms with Gasteiger partial charge >= 0.3 is 0 Å². The number of benzene rings is 2. The van der Waals surface area contributed by atoms with Crippen LogP contribution < -0.4 is 0 Å². The van der Waals surface area contributed by atoms with Crippen molar-refractivity contribution < 1.29 is 4.79 Å². The van der Waals surface area contributed by atoms with Crippen molar-refractivity contribution in [3.05, 3.63) is 71.3 Å². The molecule has 0 spiro atoms. The summed E-state index contributed by atoms with van der Waals surface area (Å²) in [6, 6.07) is 17.9. The van der Waals surface area contributed by atoms with Crippen molar-refractivity contribution in [2.75, 3.05) is 0 Å². The van der Waals surface area contributed by atoms with Crippen LogP contribution in [0.5, 0.6) is 0 Å². The number of carbonyl (C=O) groups excluding carboxylic acids is 1. The van der Waals surface area contributed by atoms with Gasteiger partial charge in [0.05, 0.1) is 0 Å². The minimum Gasteiger partial charge on any atom is -0.289 e. The van der Waals surface area contributed by atoms with Gasteiger partial charge in [0.2, 0.25) is 0 Å². The third kappa shape index (κ3) is 3.95. The van der Waals surface area contributed by atoms with Gasteiger partial charge in [0.1, 0.15) is 0 Å². The fraction of sp³-hybridized carbons (Fsp3) is 0.435. The Bertz CT molecular complexity index is 651. The highest BCUT2D eigenvalue weighted by Gasteiger charge is 2.25. The van der Waals surface area contributed by atoms with Crippen LogP contribution in [0.2, 0.25) is 0 Å².